The summed E-state index contributed by atoms with van der Waals surface area (Å²) >= 11 is 1.86. The van der Waals surface area contributed by atoms with Crippen molar-refractivity contribution in [2.24, 2.45) is 7.05 Å². The van der Waals surface area contributed by atoms with Gasteiger partial charge in [-0.05, 0) is 26.0 Å². The van der Waals surface area contributed by atoms with E-state index in [1.807, 2.05) is 30.4 Å². The lowest BCUT2D eigenvalue weighted by Crippen LogP contribution is -2.17. The maximum atomic E-state index is 4.30. The standard InChI is InChI=1S/C10H19N3S/c1-4-5-11-6-7-14-10-8-9(2)12-13(10)3/h8,11H,4-7H2,1-3H3. The molecule has 14 heavy (non-hydrogen) atoms. The van der Waals surface area contributed by atoms with Crippen LogP contribution in [0.15, 0.2) is 11.1 Å². The number of thioether (sulfide) groups is 1. The summed E-state index contributed by atoms with van der Waals surface area (Å²) in [6.45, 7) is 6.40. The molecule has 0 aliphatic rings. The van der Waals surface area contributed by atoms with Gasteiger partial charge in [0.1, 0.15) is 0 Å². The van der Waals surface area contributed by atoms with Gasteiger partial charge in [-0.1, -0.05) is 6.92 Å². The van der Waals surface area contributed by atoms with Gasteiger partial charge in [0.2, 0.25) is 0 Å². The first kappa shape index (κ1) is 11.6. The van der Waals surface area contributed by atoms with E-state index in [1.165, 1.54) is 11.4 Å². The smallest absolute Gasteiger partial charge is 0.0939 e. The first-order chi connectivity index (χ1) is 6.74. The molecule has 1 N–H and O–H groups in total. The minimum absolute atomic E-state index is 1.07. The van der Waals surface area contributed by atoms with Crippen LogP contribution in [0.4, 0.5) is 0 Å². The van der Waals surface area contributed by atoms with Crippen LogP contribution in [0.5, 0.6) is 0 Å². The second-order valence-electron chi connectivity index (χ2n) is 3.35. The van der Waals surface area contributed by atoms with Crippen LogP contribution in [0.3, 0.4) is 0 Å². The zero-order valence-corrected chi connectivity index (χ0v) is 10.0. The molecule has 1 heterocycles. The van der Waals surface area contributed by atoms with Gasteiger partial charge in [0.25, 0.3) is 0 Å². The first-order valence-corrected chi connectivity index (χ1v) is 6.06. The Balaban J connectivity index is 2.21. The molecule has 0 fully saturated rings. The molecule has 1 aromatic heterocycles. The summed E-state index contributed by atoms with van der Waals surface area (Å²) in [5.74, 6) is 1.11. The Morgan fingerprint density at radius 2 is 2.29 bits per heavy atom. The van der Waals surface area contributed by atoms with Crippen molar-refractivity contribution >= 4 is 11.8 Å². The van der Waals surface area contributed by atoms with E-state index in [9.17, 15) is 0 Å². The lowest BCUT2D eigenvalue weighted by atomic mass is 10.5. The van der Waals surface area contributed by atoms with E-state index < -0.39 is 0 Å². The zero-order valence-electron chi connectivity index (χ0n) is 9.21. The van der Waals surface area contributed by atoms with Crippen molar-refractivity contribution in [3.63, 3.8) is 0 Å². The van der Waals surface area contributed by atoms with E-state index >= 15 is 0 Å². The molecule has 0 saturated heterocycles. The normalized spacial score (nSPS) is 10.8. The third-order valence-electron chi connectivity index (χ3n) is 1.91. The molecule has 4 heteroatoms. The topological polar surface area (TPSA) is 29.9 Å². The Hall–Kier alpha value is -0.480. The van der Waals surface area contributed by atoms with Gasteiger partial charge in [0.05, 0.1) is 10.7 Å². The fourth-order valence-electron chi connectivity index (χ4n) is 1.25. The first-order valence-electron chi connectivity index (χ1n) is 5.08. The monoisotopic (exact) mass is 213 g/mol. The van der Waals surface area contributed by atoms with Crippen LogP contribution in [0.2, 0.25) is 0 Å². The number of nitrogens with zero attached hydrogens (tertiary/aromatic N) is 2. The highest BCUT2D eigenvalue weighted by Crippen LogP contribution is 2.17. The second-order valence-corrected chi connectivity index (χ2v) is 4.46. The van der Waals surface area contributed by atoms with Gasteiger partial charge >= 0.3 is 0 Å². The van der Waals surface area contributed by atoms with Gasteiger partial charge in [-0.2, -0.15) is 5.10 Å². The summed E-state index contributed by atoms with van der Waals surface area (Å²) in [5, 5.41) is 8.93. The van der Waals surface area contributed by atoms with E-state index in [1.54, 1.807) is 0 Å². The molecule has 0 aliphatic carbocycles. The molecule has 0 unspecified atom stereocenters. The highest BCUT2D eigenvalue weighted by atomic mass is 32.2. The van der Waals surface area contributed by atoms with Crippen molar-refractivity contribution in [2.75, 3.05) is 18.8 Å². The van der Waals surface area contributed by atoms with Crippen LogP contribution in [0.25, 0.3) is 0 Å². The fraction of sp³-hybridized carbons (Fsp3) is 0.700. The molecular weight excluding hydrogens is 194 g/mol. The maximum Gasteiger partial charge on any atom is 0.0939 e. The summed E-state index contributed by atoms with van der Waals surface area (Å²) in [6.07, 6.45) is 1.20. The van der Waals surface area contributed by atoms with Crippen molar-refractivity contribution in [2.45, 2.75) is 25.3 Å². The van der Waals surface area contributed by atoms with Gasteiger partial charge < -0.3 is 5.32 Å². The van der Waals surface area contributed by atoms with E-state index in [-0.39, 0.29) is 0 Å². The van der Waals surface area contributed by atoms with Crippen LogP contribution in [-0.4, -0.2) is 28.6 Å². The number of hydrogen-bond acceptors (Lipinski definition) is 3. The quantitative estimate of drug-likeness (QED) is 0.577. The van der Waals surface area contributed by atoms with Gasteiger partial charge in [-0.3, -0.25) is 4.68 Å². The van der Waals surface area contributed by atoms with Crippen LogP contribution in [0, 0.1) is 6.92 Å². The van der Waals surface area contributed by atoms with Crippen LogP contribution < -0.4 is 5.32 Å². The van der Waals surface area contributed by atoms with Crippen molar-refractivity contribution in [1.29, 1.82) is 0 Å². The molecule has 3 nitrogen and oxygen atoms in total. The van der Waals surface area contributed by atoms with E-state index in [4.69, 9.17) is 0 Å². The molecule has 0 aliphatic heterocycles. The Labute approximate surface area is 90.3 Å². The summed E-state index contributed by atoms with van der Waals surface area (Å²) in [6, 6.07) is 2.13. The molecule has 0 aromatic carbocycles. The molecule has 0 saturated carbocycles. The number of aromatic nitrogens is 2. The number of rotatable bonds is 6. The minimum Gasteiger partial charge on any atom is -0.316 e. The molecule has 0 spiro atoms. The lowest BCUT2D eigenvalue weighted by Gasteiger charge is -2.02. The highest BCUT2D eigenvalue weighted by molar-refractivity contribution is 7.99. The van der Waals surface area contributed by atoms with Gasteiger partial charge in [0, 0.05) is 19.3 Å². The fourth-order valence-corrected chi connectivity index (χ4v) is 2.19. The summed E-state index contributed by atoms with van der Waals surface area (Å²) in [4.78, 5) is 0. The molecule has 0 bridgehead atoms. The lowest BCUT2D eigenvalue weighted by molar-refractivity contribution is 0.688. The number of nitrogens with one attached hydrogen (secondary N) is 1. The molecular formula is C10H19N3S. The van der Waals surface area contributed by atoms with Crippen molar-refractivity contribution < 1.29 is 0 Å². The largest absolute Gasteiger partial charge is 0.316 e. The predicted octanol–water partition coefficient (Wildman–Crippen LogP) is 1.82. The van der Waals surface area contributed by atoms with Crippen LogP contribution in [0.1, 0.15) is 19.0 Å². The SMILES string of the molecule is CCCNCCSc1cc(C)nn1C. The molecule has 1 aromatic rings. The average molecular weight is 213 g/mol. The third kappa shape index (κ3) is 3.72. The molecule has 80 valence electrons. The average Bonchev–Trinajstić information content (AvgIpc) is 2.45. The van der Waals surface area contributed by atoms with Crippen LogP contribution >= 0.6 is 11.8 Å². The minimum atomic E-state index is 1.07. The maximum absolute atomic E-state index is 4.30. The van der Waals surface area contributed by atoms with Gasteiger partial charge in [-0.25, -0.2) is 0 Å². The second kappa shape index (κ2) is 6.09. The Bertz CT molecular complexity index is 270. The Morgan fingerprint density at radius 3 is 2.86 bits per heavy atom. The van der Waals surface area contributed by atoms with Gasteiger partial charge in [-0.15, -0.1) is 11.8 Å². The van der Waals surface area contributed by atoms with E-state index in [0.717, 1.165) is 24.5 Å². The molecule has 0 amide bonds. The Morgan fingerprint density at radius 1 is 1.50 bits per heavy atom. The van der Waals surface area contributed by atoms with Crippen molar-refractivity contribution in [3.05, 3.63) is 11.8 Å². The summed E-state index contributed by atoms with van der Waals surface area (Å²) in [5.41, 5.74) is 1.09. The third-order valence-corrected chi connectivity index (χ3v) is 3.00. The van der Waals surface area contributed by atoms with E-state index in [2.05, 4.69) is 23.4 Å². The summed E-state index contributed by atoms with van der Waals surface area (Å²) < 4.78 is 1.94. The highest BCUT2D eigenvalue weighted by Gasteiger charge is 2.01. The van der Waals surface area contributed by atoms with Crippen LogP contribution in [-0.2, 0) is 7.05 Å². The number of hydrogen-bond donors (Lipinski definition) is 1. The van der Waals surface area contributed by atoms with Crippen molar-refractivity contribution in [1.82, 2.24) is 15.1 Å². The Kier molecular flexibility index (Phi) is 5.04. The van der Waals surface area contributed by atoms with Gasteiger partial charge in [0.15, 0.2) is 0 Å². The molecule has 0 atom stereocenters. The van der Waals surface area contributed by atoms with Crippen molar-refractivity contribution in [3.8, 4) is 0 Å². The predicted molar refractivity (Wildman–Crippen MR) is 61.8 cm³/mol. The zero-order chi connectivity index (χ0) is 10.4. The molecule has 1 rings (SSSR count). The summed E-state index contributed by atoms with van der Waals surface area (Å²) in [7, 11) is 1.99. The number of aryl methyl sites for hydroxylation is 2. The molecule has 0 radical (unpaired) electrons. The van der Waals surface area contributed by atoms with E-state index in [0.29, 0.717) is 0 Å².